The van der Waals surface area contributed by atoms with Crippen molar-refractivity contribution in [2.75, 3.05) is 6.54 Å². The molecule has 2 N–H and O–H groups in total. The Balaban J connectivity index is 1.27. The highest BCUT2D eigenvalue weighted by Gasteiger charge is 2.19. The summed E-state index contributed by atoms with van der Waals surface area (Å²) in [5.74, 6) is -0.984. The third-order valence-corrected chi connectivity index (χ3v) is 7.34. The van der Waals surface area contributed by atoms with Gasteiger partial charge in [0.25, 0.3) is 11.8 Å². The summed E-state index contributed by atoms with van der Waals surface area (Å²) in [6.07, 6.45) is 1.44. The minimum absolute atomic E-state index is 0.212. The van der Waals surface area contributed by atoms with Gasteiger partial charge in [-0.3, -0.25) is 9.59 Å². The molecule has 0 unspecified atom stereocenters. The van der Waals surface area contributed by atoms with Gasteiger partial charge in [-0.2, -0.15) is 5.10 Å². The van der Waals surface area contributed by atoms with Gasteiger partial charge in [-0.05, 0) is 70.6 Å². The quantitative estimate of drug-likeness (QED) is 0.0973. The molecule has 0 saturated carbocycles. The smallest absolute Gasteiger partial charge is 0.355 e. The summed E-state index contributed by atoms with van der Waals surface area (Å²) < 4.78 is 7.14. The number of hydrogen-bond donors (Lipinski definition) is 2. The fraction of sp³-hybridized carbons (Fsp3) is 0.0400. The number of hydrazone groups is 1. The molecule has 0 atom stereocenters. The Morgan fingerprint density at radius 3 is 2.46 bits per heavy atom. The van der Waals surface area contributed by atoms with E-state index in [2.05, 4.69) is 38.4 Å². The highest BCUT2D eigenvalue weighted by atomic mass is 127. The molecule has 0 radical (unpaired) electrons. The average Bonchev–Trinajstić information content (AvgIpc) is 3.20. The topological polar surface area (TPSA) is 96.9 Å². The zero-order chi connectivity index (χ0) is 24.8. The van der Waals surface area contributed by atoms with Gasteiger partial charge in [-0.15, -0.1) is 11.3 Å². The summed E-state index contributed by atoms with van der Waals surface area (Å²) in [7, 11) is 0. The minimum Gasteiger partial charge on any atom is -0.422 e. The number of esters is 1. The van der Waals surface area contributed by atoms with Crippen LogP contribution in [0.1, 0.15) is 25.6 Å². The number of rotatable bonds is 7. The fourth-order valence-corrected chi connectivity index (χ4v) is 5.06. The summed E-state index contributed by atoms with van der Waals surface area (Å²) in [5, 5.41) is 7.63. The Hall–Kier alpha value is -3.28. The molecular weight excluding hydrogens is 601 g/mol. The largest absolute Gasteiger partial charge is 0.422 e. The number of carbonyl (C=O) groups is 3. The fourth-order valence-electron chi connectivity index (χ4n) is 3.04. The Morgan fingerprint density at radius 2 is 1.71 bits per heavy atom. The van der Waals surface area contributed by atoms with Crippen molar-refractivity contribution in [2.24, 2.45) is 5.10 Å². The van der Waals surface area contributed by atoms with Crippen LogP contribution in [0.5, 0.6) is 5.75 Å². The summed E-state index contributed by atoms with van der Waals surface area (Å²) >= 11 is 9.68. The zero-order valence-electron chi connectivity index (χ0n) is 18.0. The summed E-state index contributed by atoms with van der Waals surface area (Å²) in [6.45, 7) is -0.212. The van der Waals surface area contributed by atoms with Crippen molar-refractivity contribution in [3.8, 4) is 5.75 Å². The number of carbonyl (C=O) groups excluding carboxylic acids is 3. The molecule has 0 saturated heterocycles. The molecular formula is C25H17ClIN3O4S. The first-order chi connectivity index (χ1) is 16.9. The van der Waals surface area contributed by atoms with Crippen LogP contribution in [0.3, 0.4) is 0 Å². The van der Waals surface area contributed by atoms with Crippen molar-refractivity contribution >= 4 is 79.6 Å². The minimum atomic E-state index is -0.530. The summed E-state index contributed by atoms with van der Waals surface area (Å²) in [4.78, 5) is 37.0. The van der Waals surface area contributed by atoms with Crippen molar-refractivity contribution in [2.45, 2.75) is 0 Å². The number of ether oxygens (including phenoxy) is 1. The molecule has 0 aliphatic rings. The van der Waals surface area contributed by atoms with Crippen molar-refractivity contribution < 1.29 is 19.1 Å². The van der Waals surface area contributed by atoms with Gasteiger partial charge in [-0.1, -0.05) is 41.9 Å². The Morgan fingerprint density at radius 1 is 1.00 bits per heavy atom. The second kappa shape index (κ2) is 11.4. The number of nitrogens with zero attached hydrogens (tertiary/aromatic N) is 1. The number of hydrogen-bond acceptors (Lipinski definition) is 6. The number of halogens is 2. The molecule has 2 amide bonds. The van der Waals surface area contributed by atoms with Crippen molar-refractivity contribution in [1.29, 1.82) is 0 Å². The van der Waals surface area contributed by atoms with Gasteiger partial charge >= 0.3 is 5.97 Å². The van der Waals surface area contributed by atoms with E-state index < -0.39 is 11.9 Å². The van der Waals surface area contributed by atoms with E-state index in [0.29, 0.717) is 26.8 Å². The van der Waals surface area contributed by atoms with Crippen LogP contribution < -0.4 is 15.5 Å². The molecule has 0 bridgehead atoms. The predicted octanol–water partition coefficient (Wildman–Crippen LogP) is 5.26. The normalized spacial score (nSPS) is 10.9. The van der Waals surface area contributed by atoms with E-state index in [1.54, 1.807) is 36.4 Å². The van der Waals surface area contributed by atoms with E-state index in [4.69, 9.17) is 16.3 Å². The van der Waals surface area contributed by atoms with E-state index >= 15 is 0 Å². The van der Waals surface area contributed by atoms with Crippen LogP contribution in [0, 0.1) is 3.57 Å². The summed E-state index contributed by atoms with van der Waals surface area (Å²) in [5.41, 5.74) is 3.53. The Kier molecular flexibility index (Phi) is 8.11. The standard InChI is InChI=1S/C25H17ClIN3O4S/c26-22-18-6-2-4-8-20(18)35-23(22)25(33)34-16-11-9-15(10-12-16)13-29-30-21(31)14-28-24(32)17-5-1-3-7-19(17)27/h1-13H,14H2,(H,28,32)(H,30,31)/b29-13-. The lowest BCUT2D eigenvalue weighted by Gasteiger charge is -2.06. The molecule has 0 aliphatic carbocycles. The van der Waals surface area contributed by atoms with Crippen LogP contribution in [0.15, 0.2) is 77.9 Å². The van der Waals surface area contributed by atoms with Crippen LogP contribution in [0.2, 0.25) is 5.02 Å². The number of amides is 2. The first-order valence-corrected chi connectivity index (χ1v) is 12.5. The maximum Gasteiger partial charge on any atom is 0.355 e. The predicted molar refractivity (Wildman–Crippen MR) is 145 cm³/mol. The molecule has 35 heavy (non-hydrogen) atoms. The van der Waals surface area contributed by atoms with Gasteiger partial charge in [0.1, 0.15) is 10.6 Å². The number of fused-ring (bicyclic) bond motifs is 1. The van der Waals surface area contributed by atoms with Gasteiger partial charge in [-0.25, -0.2) is 10.2 Å². The Labute approximate surface area is 223 Å². The second-order valence-electron chi connectivity index (χ2n) is 7.16. The third kappa shape index (κ3) is 6.24. The van der Waals surface area contributed by atoms with Gasteiger partial charge in [0.2, 0.25) is 0 Å². The molecule has 1 aromatic heterocycles. The van der Waals surface area contributed by atoms with Gasteiger partial charge in [0.05, 0.1) is 23.3 Å². The number of benzene rings is 3. The van der Waals surface area contributed by atoms with Crippen LogP contribution in [0.25, 0.3) is 10.1 Å². The van der Waals surface area contributed by atoms with Crippen LogP contribution in [-0.4, -0.2) is 30.5 Å². The van der Waals surface area contributed by atoms with Crippen LogP contribution in [-0.2, 0) is 4.79 Å². The highest BCUT2D eigenvalue weighted by molar-refractivity contribution is 14.1. The first-order valence-electron chi connectivity index (χ1n) is 10.3. The number of thiophene rings is 1. The van der Waals surface area contributed by atoms with Gasteiger partial charge < -0.3 is 10.1 Å². The molecule has 0 spiro atoms. The lowest BCUT2D eigenvalue weighted by atomic mass is 10.2. The average molecular weight is 618 g/mol. The second-order valence-corrected chi connectivity index (χ2v) is 9.75. The lowest BCUT2D eigenvalue weighted by molar-refractivity contribution is -0.120. The SMILES string of the molecule is O=C(CNC(=O)c1ccccc1I)N/N=C\c1ccc(OC(=O)c2sc3ccccc3c2Cl)cc1. The Bertz CT molecular complexity index is 1440. The zero-order valence-corrected chi connectivity index (χ0v) is 21.7. The van der Waals surface area contributed by atoms with E-state index in [0.717, 1.165) is 13.7 Å². The molecule has 3 aromatic carbocycles. The molecule has 7 nitrogen and oxygen atoms in total. The van der Waals surface area contributed by atoms with E-state index in [1.165, 1.54) is 17.6 Å². The maximum atomic E-state index is 12.6. The molecule has 4 aromatic rings. The van der Waals surface area contributed by atoms with Crippen LogP contribution in [0.4, 0.5) is 0 Å². The summed E-state index contributed by atoms with van der Waals surface area (Å²) in [6, 6.07) is 21.2. The van der Waals surface area contributed by atoms with Gasteiger partial charge in [0, 0.05) is 13.7 Å². The highest BCUT2D eigenvalue weighted by Crippen LogP contribution is 2.35. The molecule has 0 fully saturated rings. The van der Waals surface area contributed by atoms with Crippen molar-refractivity contribution in [3.05, 3.63) is 97.4 Å². The lowest BCUT2D eigenvalue weighted by Crippen LogP contribution is -2.35. The molecule has 10 heteroatoms. The van der Waals surface area contributed by atoms with E-state index in [1.807, 2.05) is 36.4 Å². The monoisotopic (exact) mass is 617 g/mol. The van der Waals surface area contributed by atoms with Crippen LogP contribution >= 0.6 is 45.5 Å². The molecule has 176 valence electrons. The maximum absolute atomic E-state index is 12.6. The van der Waals surface area contributed by atoms with Gasteiger partial charge in [0.15, 0.2) is 0 Å². The van der Waals surface area contributed by atoms with Crippen molar-refractivity contribution in [3.63, 3.8) is 0 Å². The molecule has 4 rings (SSSR count). The van der Waals surface area contributed by atoms with Crippen molar-refractivity contribution in [1.82, 2.24) is 10.7 Å². The van der Waals surface area contributed by atoms with E-state index in [-0.39, 0.29) is 12.5 Å². The molecule has 0 aliphatic heterocycles. The van der Waals surface area contributed by atoms with E-state index in [9.17, 15) is 14.4 Å². The first kappa shape index (κ1) is 24.8. The third-order valence-electron chi connectivity index (χ3n) is 4.74. The molecule has 1 heterocycles. The number of nitrogens with one attached hydrogen (secondary N) is 2.